The number of nitrogens with one attached hydrogen (secondary N) is 1. The minimum Gasteiger partial charge on any atom is -0.484 e. The summed E-state index contributed by atoms with van der Waals surface area (Å²) in [7, 11) is 0. The average molecular weight is 496 g/mol. The summed E-state index contributed by atoms with van der Waals surface area (Å²) in [6.07, 6.45) is 1.60. The van der Waals surface area contributed by atoms with Crippen LogP contribution in [0.25, 0.3) is 6.08 Å². The fraction of sp³-hybridized carbons (Fsp3) is 0.280. The largest absolute Gasteiger partial charge is 0.484 e. The van der Waals surface area contributed by atoms with Gasteiger partial charge in [-0.1, -0.05) is 24.3 Å². The number of thioether (sulfide) groups is 1. The number of carbonyl (C=O) groups is 4. The van der Waals surface area contributed by atoms with Crippen molar-refractivity contribution in [2.45, 2.75) is 6.92 Å². The van der Waals surface area contributed by atoms with Gasteiger partial charge in [-0.15, -0.1) is 0 Å². The molecule has 4 amide bonds. The topological polar surface area (TPSA) is 105 Å². The monoisotopic (exact) mass is 495 g/mol. The maximum atomic E-state index is 12.7. The molecule has 0 aliphatic carbocycles. The normalized spacial score (nSPS) is 17.1. The molecule has 182 valence electrons. The molecule has 2 aromatic carbocycles. The van der Waals surface area contributed by atoms with Crippen molar-refractivity contribution in [1.29, 1.82) is 0 Å². The highest BCUT2D eigenvalue weighted by Gasteiger charge is 2.37. The summed E-state index contributed by atoms with van der Waals surface area (Å²) < 4.78 is 10.8. The van der Waals surface area contributed by atoms with Crippen LogP contribution in [0.4, 0.5) is 10.5 Å². The van der Waals surface area contributed by atoms with Gasteiger partial charge in [0.15, 0.2) is 6.61 Å². The van der Waals surface area contributed by atoms with Crippen LogP contribution in [-0.4, -0.2) is 72.2 Å². The molecule has 2 saturated heterocycles. The highest BCUT2D eigenvalue weighted by atomic mass is 32.2. The van der Waals surface area contributed by atoms with Gasteiger partial charge in [-0.3, -0.25) is 24.1 Å². The molecule has 10 heteroatoms. The number of carbonyl (C=O) groups excluding carboxylic acids is 4. The molecule has 2 aliphatic rings. The third kappa shape index (κ3) is 6.49. The van der Waals surface area contributed by atoms with Gasteiger partial charge in [0.25, 0.3) is 17.1 Å². The molecular formula is C25H25N3O6S. The molecule has 0 radical (unpaired) electrons. The zero-order valence-electron chi connectivity index (χ0n) is 19.2. The molecule has 2 aliphatic heterocycles. The first-order chi connectivity index (χ1) is 16.9. The van der Waals surface area contributed by atoms with Crippen LogP contribution in [0.1, 0.15) is 11.1 Å². The molecule has 35 heavy (non-hydrogen) atoms. The smallest absolute Gasteiger partial charge is 0.294 e. The van der Waals surface area contributed by atoms with Crippen LogP contribution in [0.3, 0.4) is 0 Å². The maximum absolute atomic E-state index is 12.7. The summed E-state index contributed by atoms with van der Waals surface area (Å²) in [5.41, 5.74) is 2.43. The second-order valence-corrected chi connectivity index (χ2v) is 9.03. The third-order valence-corrected chi connectivity index (χ3v) is 6.29. The Morgan fingerprint density at radius 2 is 1.86 bits per heavy atom. The highest BCUT2D eigenvalue weighted by molar-refractivity contribution is 8.18. The number of hydrogen-bond donors (Lipinski definition) is 1. The number of anilines is 1. The molecule has 0 aromatic heterocycles. The quantitative estimate of drug-likeness (QED) is 0.589. The molecule has 0 unspecified atom stereocenters. The van der Waals surface area contributed by atoms with E-state index in [0.717, 1.165) is 22.2 Å². The molecular weight excluding hydrogens is 470 g/mol. The van der Waals surface area contributed by atoms with E-state index in [1.807, 2.05) is 25.1 Å². The zero-order valence-corrected chi connectivity index (χ0v) is 20.0. The van der Waals surface area contributed by atoms with Crippen molar-refractivity contribution in [2.24, 2.45) is 0 Å². The van der Waals surface area contributed by atoms with Gasteiger partial charge in [0.1, 0.15) is 12.3 Å². The van der Waals surface area contributed by atoms with Gasteiger partial charge in [0, 0.05) is 18.8 Å². The highest BCUT2D eigenvalue weighted by Crippen LogP contribution is 2.32. The van der Waals surface area contributed by atoms with Crippen molar-refractivity contribution < 1.29 is 28.7 Å². The summed E-state index contributed by atoms with van der Waals surface area (Å²) in [6, 6.07) is 14.3. The molecule has 2 fully saturated rings. The van der Waals surface area contributed by atoms with E-state index < -0.39 is 11.1 Å². The lowest BCUT2D eigenvalue weighted by Crippen LogP contribution is -2.46. The van der Waals surface area contributed by atoms with E-state index >= 15 is 0 Å². The molecule has 9 nitrogen and oxygen atoms in total. The second-order valence-electron chi connectivity index (χ2n) is 8.04. The Morgan fingerprint density at radius 3 is 2.57 bits per heavy atom. The van der Waals surface area contributed by atoms with Crippen molar-refractivity contribution in [3.05, 3.63) is 64.6 Å². The second kappa shape index (κ2) is 11.2. The Hall–Kier alpha value is -3.63. The van der Waals surface area contributed by atoms with E-state index in [-0.39, 0.29) is 29.9 Å². The third-order valence-electron chi connectivity index (χ3n) is 5.38. The molecule has 0 atom stereocenters. The number of hydrogen-bond acceptors (Lipinski definition) is 7. The maximum Gasteiger partial charge on any atom is 0.294 e. The predicted molar refractivity (Wildman–Crippen MR) is 132 cm³/mol. The molecule has 0 bridgehead atoms. The van der Waals surface area contributed by atoms with E-state index in [1.54, 1.807) is 41.3 Å². The van der Waals surface area contributed by atoms with Gasteiger partial charge < -0.3 is 19.7 Å². The first-order valence-electron chi connectivity index (χ1n) is 11.1. The van der Waals surface area contributed by atoms with E-state index in [9.17, 15) is 19.2 Å². The lowest BCUT2D eigenvalue weighted by atomic mass is 10.2. The summed E-state index contributed by atoms with van der Waals surface area (Å²) in [4.78, 5) is 52.4. The fourth-order valence-electron chi connectivity index (χ4n) is 3.56. The van der Waals surface area contributed by atoms with Crippen molar-refractivity contribution in [1.82, 2.24) is 9.80 Å². The Morgan fingerprint density at radius 1 is 1.11 bits per heavy atom. The molecule has 2 aromatic rings. The Bertz CT molecular complexity index is 1160. The zero-order chi connectivity index (χ0) is 24.8. The number of imide groups is 1. The van der Waals surface area contributed by atoms with Crippen LogP contribution in [-0.2, 0) is 19.1 Å². The van der Waals surface area contributed by atoms with Gasteiger partial charge in [-0.2, -0.15) is 0 Å². The van der Waals surface area contributed by atoms with Crippen LogP contribution >= 0.6 is 11.8 Å². The van der Waals surface area contributed by atoms with Crippen LogP contribution in [0.5, 0.6) is 5.75 Å². The summed E-state index contributed by atoms with van der Waals surface area (Å²) in [5, 5.41) is 2.31. The minimum absolute atomic E-state index is 0.149. The molecule has 0 spiro atoms. The van der Waals surface area contributed by atoms with Crippen molar-refractivity contribution >= 4 is 46.5 Å². The number of benzene rings is 2. The van der Waals surface area contributed by atoms with Crippen molar-refractivity contribution in [3.8, 4) is 5.75 Å². The Kier molecular flexibility index (Phi) is 7.84. The van der Waals surface area contributed by atoms with Crippen LogP contribution < -0.4 is 10.1 Å². The summed E-state index contributed by atoms with van der Waals surface area (Å²) in [6.45, 7) is 3.32. The van der Waals surface area contributed by atoms with Gasteiger partial charge in [-0.05, 0) is 60.2 Å². The lowest BCUT2D eigenvalue weighted by molar-refractivity contribution is -0.139. The van der Waals surface area contributed by atoms with E-state index in [0.29, 0.717) is 43.3 Å². The lowest BCUT2D eigenvalue weighted by Gasteiger charge is -2.28. The van der Waals surface area contributed by atoms with Crippen LogP contribution in [0.2, 0.25) is 0 Å². The van der Waals surface area contributed by atoms with E-state index in [4.69, 9.17) is 9.47 Å². The average Bonchev–Trinajstić information content (AvgIpc) is 3.11. The molecule has 2 heterocycles. The van der Waals surface area contributed by atoms with Gasteiger partial charge in [0.05, 0.1) is 18.1 Å². The molecule has 4 rings (SSSR count). The summed E-state index contributed by atoms with van der Waals surface area (Å²) in [5.74, 6) is -0.551. The molecule has 1 N–H and O–H groups in total. The fourth-order valence-corrected chi connectivity index (χ4v) is 4.40. The van der Waals surface area contributed by atoms with Crippen LogP contribution in [0.15, 0.2) is 53.4 Å². The van der Waals surface area contributed by atoms with Gasteiger partial charge >= 0.3 is 0 Å². The minimum atomic E-state index is -0.491. The Labute approximate surface area is 207 Å². The first kappa shape index (κ1) is 24.5. The number of ether oxygens (including phenoxy) is 2. The van der Waals surface area contributed by atoms with Crippen LogP contribution in [0, 0.1) is 6.92 Å². The number of rotatable bonds is 7. The summed E-state index contributed by atoms with van der Waals surface area (Å²) >= 11 is 0.804. The molecule has 0 saturated carbocycles. The van der Waals surface area contributed by atoms with E-state index in [2.05, 4.69) is 5.32 Å². The van der Waals surface area contributed by atoms with Gasteiger partial charge in [0.2, 0.25) is 5.91 Å². The first-order valence-corrected chi connectivity index (χ1v) is 11.9. The number of morpholine rings is 1. The number of amides is 4. The number of aryl methyl sites for hydroxylation is 1. The predicted octanol–water partition coefficient (Wildman–Crippen LogP) is 2.91. The van der Waals surface area contributed by atoms with Crippen molar-refractivity contribution in [3.63, 3.8) is 0 Å². The Balaban J connectivity index is 1.30. The van der Waals surface area contributed by atoms with E-state index in [1.165, 1.54) is 0 Å². The number of nitrogens with zero attached hydrogens (tertiary/aromatic N) is 2. The SMILES string of the molecule is Cc1cccc(NC(=O)COc2ccc(/C=C3/SC(=O)N(CC(=O)N4CCOCC4)C3=O)cc2)c1. The van der Waals surface area contributed by atoms with Crippen molar-refractivity contribution in [2.75, 3.05) is 44.8 Å². The standard InChI is InChI=1S/C25H25N3O6S/c1-17-3-2-4-19(13-17)26-22(29)16-34-20-7-5-18(6-8-20)14-21-24(31)28(25(32)35-21)15-23(30)27-9-11-33-12-10-27/h2-8,13-14H,9-12,15-16H2,1H3,(H,26,29)/b21-14+. The van der Waals surface area contributed by atoms with Gasteiger partial charge in [-0.25, -0.2) is 0 Å².